The van der Waals surface area contributed by atoms with Gasteiger partial charge in [-0.2, -0.15) is 0 Å². The molecule has 1 heterocycles. The van der Waals surface area contributed by atoms with E-state index in [1.165, 1.54) is 7.11 Å². The summed E-state index contributed by atoms with van der Waals surface area (Å²) in [7, 11) is 1.39. The molecule has 0 saturated heterocycles. The molecule has 20 heavy (non-hydrogen) atoms. The van der Waals surface area contributed by atoms with Crippen molar-refractivity contribution in [3.8, 4) is 0 Å². The van der Waals surface area contributed by atoms with Gasteiger partial charge in [-0.05, 0) is 19.1 Å². The largest absolute Gasteiger partial charge is 0.469 e. The van der Waals surface area contributed by atoms with Gasteiger partial charge in [0.15, 0.2) is 5.96 Å². The fourth-order valence-corrected chi connectivity index (χ4v) is 1.53. The van der Waals surface area contributed by atoms with Crippen LogP contribution in [-0.4, -0.2) is 37.1 Å². The molecule has 0 aromatic carbocycles. The number of aliphatic imine (C=N–C) groups is 1. The molecule has 1 aromatic rings. The van der Waals surface area contributed by atoms with E-state index in [0.717, 1.165) is 12.2 Å². The van der Waals surface area contributed by atoms with Crippen molar-refractivity contribution in [3.05, 3.63) is 30.1 Å². The molecule has 0 aliphatic rings. The molecule has 1 rings (SSSR count). The third-order valence-electron chi connectivity index (χ3n) is 2.65. The van der Waals surface area contributed by atoms with Gasteiger partial charge in [0.2, 0.25) is 0 Å². The van der Waals surface area contributed by atoms with Crippen LogP contribution in [0.2, 0.25) is 0 Å². The molecule has 110 valence electrons. The number of esters is 1. The molecule has 0 aliphatic heterocycles. The Hall–Kier alpha value is -2.11. The van der Waals surface area contributed by atoms with E-state index < -0.39 is 0 Å². The Morgan fingerprint density at radius 2 is 2.25 bits per heavy atom. The Bertz CT molecular complexity index is 434. The van der Waals surface area contributed by atoms with E-state index in [4.69, 9.17) is 0 Å². The van der Waals surface area contributed by atoms with Gasteiger partial charge < -0.3 is 15.4 Å². The third kappa shape index (κ3) is 5.69. The highest BCUT2D eigenvalue weighted by atomic mass is 16.5. The minimum absolute atomic E-state index is 0.223. The Morgan fingerprint density at radius 1 is 1.45 bits per heavy atom. The molecular formula is C14H22N4O2. The van der Waals surface area contributed by atoms with Crippen molar-refractivity contribution < 1.29 is 9.53 Å². The first-order valence-electron chi connectivity index (χ1n) is 6.67. The lowest BCUT2D eigenvalue weighted by molar-refractivity contribution is -0.144. The molecule has 0 bridgehead atoms. The van der Waals surface area contributed by atoms with Crippen molar-refractivity contribution >= 4 is 11.9 Å². The van der Waals surface area contributed by atoms with Gasteiger partial charge in [-0.25, -0.2) is 4.99 Å². The summed E-state index contributed by atoms with van der Waals surface area (Å²) in [6.07, 6.45) is 1.74. The summed E-state index contributed by atoms with van der Waals surface area (Å²) in [4.78, 5) is 20.0. The predicted molar refractivity (Wildman–Crippen MR) is 78.2 cm³/mol. The average Bonchev–Trinajstić information content (AvgIpc) is 2.49. The number of carbonyl (C=O) groups excluding carboxylic acids is 1. The van der Waals surface area contributed by atoms with Crippen LogP contribution < -0.4 is 10.6 Å². The van der Waals surface area contributed by atoms with Crippen molar-refractivity contribution in [2.24, 2.45) is 10.9 Å². The second-order valence-corrected chi connectivity index (χ2v) is 4.32. The van der Waals surface area contributed by atoms with Gasteiger partial charge in [0.05, 0.1) is 25.3 Å². The summed E-state index contributed by atoms with van der Waals surface area (Å²) in [6, 6.07) is 5.72. The van der Waals surface area contributed by atoms with Crippen LogP contribution >= 0.6 is 0 Å². The quantitative estimate of drug-likeness (QED) is 0.460. The maximum atomic E-state index is 11.3. The first-order valence-corrected chi connectivity index (χ1v) is 6.67. The molecule has 6 nitrogen and oxygen atoms in total. The molecule has 0 spiro atoms. The van der Waals surface area contributed by atoms with Crippen molar-refractivity contribution in [2.75, 3.05) is 20.2 Å². The minimum atomic E-state index is -0.238. The van der Waals surface area contributed by atoms with Crippen LogP contribution in [0.1, 0.15) is 19.5 Å². The van der Waals surface area contributed by atoms with E-state index in [9.17, 15) is 4.79 Å². The van der Waals surface area contributed by atoms with E-state index in [-0.39, 0.29) is 11.9 Å². The molecule has 0 aliphatic carbocycles. The highest BCUT2D eigenvalue weighted by Gasteiger charge is 2.13. The van der Waals surface area contributed by atoms with E-state index >= 15 is 0 Å². The number of hydrogen-bond acceptors (Lipinski definition) is 4. The number of guanidine groups is 1. The van der Waals surface area contributed by atoms with Crippen LogP contribution in [0.15, 0.2) is 29.4 Å². The van der Waals surface area contributed by atoms with Gasteiger partial charge >= 0.3 is 5.97 Å². The maximum Gasteiger partial charge on any atom is 0.310 e. The number of rotatable bonds is 6. The zero-order valence-electron chi connectivity index (χ0n) is 12.2. The normalized spacial score (nSPS) is 12.7. The molecule has 1 unspecified atom stereocenters. The molecule has 0 fully saturated rings. The van der Waals surface area contributed by atoms with E-state index in [2.05, 4.69) is 25.3 Å². The average molecular weight is 278 g/mol. The molecule has 6 heteroatoms. The van der Waals surface area contributed by atoms with Gasteiger partial charge in [-0.15, -0.1) is 0 Å². The molecule has 1 aromatic heterocycles. The highest BCUT2D eigenvalue weighted by molar-refractivity contribution is 5.80. The van der Waals surface area contributed by atoms with E-state index in [1.54, 1.807) is 13.1 Å². The maximum absolute atomic E-state index is 11.3. The number of hydrogen-bond donors (Lipinski definition) is 2. The van der Waals surface area contributed by atoms with E-state index in [0.29, 0.717) is 19.0 Å². The summed E-state index contributed by atoms with van der Waals surface area (Å²) in [5.74, 6) is 0.200. The number of nitrogens with one attached hydrogen (secondary N) is 2. The predicted octanol–water partition coefficient (Wildman–Crippen LogP) is 0.946. The van der Waals surface area contributed by atoms with Crippen LogP contribution in [0, 0.1) is 5.92 Å². The van der Waals surface area contributed by atoms with Crippen molar-refractivity contribution in [1.82, 2.24) is 15.6 Å². The lowest BCUT2D eigenvalue weighted by Crippen LogP contribution is -2.40. The van der Waals surface area contributed by atoms with Crippen LogP contribution in [-0.2, 0) is 16.1 Å². The molecule has 2 N–H and O–H groups in total. The Labute approximate surface area is 119 Å². The molecule has 0 amide bonds. The number of carbonyl (C=O) groups is 1. The molecule has 0 radical (unpaired) electrons. The van der Waals surface area contributed by atoms with Crippen LogP contribution in [0.25, 0.3) is 0 Å². The zero-order chi connectivity index (χ0) is 14.8. The van der Waals surface area contributed by atoms with Crippen LogP contribution in [0.5, 0.6) is 0 Å². The Morgan fingerprint density at radius 3 is 2.85 bits per heavy atom. The standard InChI is InChI=1S/C14H22N4O2/c1-4-15-14(17-9-11(2)13(19)20-3)18-10-12-7-5-6-8-16-12/h5-8,11H,4,9-10H2,1-3H3,(H2,15,17,18). The monoisotopic (exact) mass is 278 g/mol. The fourth-order valence-electron chi connectivity index (χ4n) is 1.53. The van der Waals surface area contributed by atoms with Gasteiger partial charge in [0.25, 0.3) is 0 Å². The summed E-state index contributed by atoms with van der Waals surface area (Å²) >= 11 is 0. The van der Waals surface area contributed by atoms with Gasteiger partial charge in [-0.1, -0.05) is 13.0 Å². The van der Waals surface area contributed by atoms with Crippen molar-refractivity contribution in [1.29, 1.82) is 0 Å². The summed E-state index contributed by atoms with van der Waals surface area (Å²) in [6.45, 7) is 5.51. The summed E-state index contributed by atoms with van der Waals surface area (Å²) in [5.41, 5.74) is 0.894. The van der Waals surface area contributed by atoms with Gasteiger partial charge in [0.1, 0.15) is 0 Å². The first kappa shape index (κ1) is 15.9. The van der Waals surface area contributed by atoms with Crippen molar-refractivity contribution in [3.63, 3.8) is 0 Å². The topological polar surface area (TPSA) is 75.6 Å². The van der Waals surface area contributed by atoms with Crippen molar-refractivity contribution in [2.45, 2.75) is 20.4 Å². The minimum Gasteiger partial charge on any atom is -0.469 e. The number of methoxy groups -OCH3 is 1. The molecular weight excluding hydrogens is 256 g/mol. The van der Waals surface area contributed by atoms with E-state index in [1.807, 2.05) is 25.1 Å². The number of pyridine rings is 1. The molecule has 1 atom stereocenters. The summed E-state index contributed by atoms with van der Waals surface area (Å²) in [5, 5.41) is 6.24. The highest BCUT2D eigenvalue weighted by Crippen LogP contribution is 1.97. The van der Waals surface area contributed by atoms with Gasteiger partial charge in [-0.3, -0.25) is 9.78 Å². The second-order valence-electron chi connectivity index (χ2n) is 4.32. The van der Waals surface area contributed by atoms with Gasteiger partial charge in [0, 0.05) is 19.3 Å². The number of ether oxygens (including phenoxy) is 1. The summed E-state index contributed by atoms with van der Waals surface area (Å²) < 4.78 is 4.68. The smallest absolute Gasteiger partial charge is 0.310 e. The SMILES string of the molecule is CCNC(=NCc1ccccn1)NCC(C)C(=O)OC. The second kappa shape index (κ2) is 8.90. The Balaban J connectivity index is 2.53. The number of nitrogens with zero attached hydrogens (tertiary/aromatic N) is 2. The lowest BCUT2D eigenvalue weighted by atomic mass is 10.2. The van der Waals surface area contributed by atoms with Crippen LogP contribution in [0.3, 0.4) is 0 Å². The van der Waals surface area contributed by atoms with Crippen LogP contribution in [0.4, 0.5) is 0 Å². The number of aromatic nitrogens is 1. The molecule has 0 saturated carbocycles. The fraction of sp³-hybridized carbons (Fsp3) is 0.500. The zero-order valence-corrected chi connectivity index (χ0v) is 12.2. The lowest BCUT2D eigenvalue weighted by Gasteiger charge is -2.14. The first-order chi connectivity index (χ1) is 9.67. The Kier molecular flexibility index (Phi) is 7.10. The third-order valence-corrected chi connectivity index (χ3v) is 2.65.